The topological polar surface area (TPSA) is 92.8 Å². The highest BCUT2D eigenvalue weighted by atomic mass is 16.5. The van der Waals surface area contributed by atoms with Crippen LogP contribution in [0.4, 0.5) is 10.6 Å². The van der Waals surface area contributed by atoms with Crippen LogP contribution in [0.15, 0.2) is 35.1 Å². The maximum Gasteiger partial charge on any atom is 0.323 e. The SMILES string of the molecule is O=C(Nc1ccnn1Cc1ccco1)N1CCOC[C@@H](O)C1. The number of ether oxygens (including phenoxy) is 1. The molecule has 1 aliphatic heterocycles. The Kier molecular flexibility index (Phi) is 4.40. The van der Waals surface area contributed by atoms with Crippen molar-refractivity contribution in [3.05, 3.63) is 36.4 Å². The van der Waals surface area contributed by atoms with E-state index in [2.05, 4.69) is 10.4 Å². The second-order valence-electron chi connectivity index (χ2n) is 5.06. The molecule has 1 aliphatic rings. The number of aliphatic hydroxyl groups is 1. The highest BCUT2D eigenvalue weighted by molar-refractivity contribution is 5.88. The first-order chi connectivity index (χ1) is 10.7. The van der Waals surface area contributed by atoms with Gasteiger partial charge in [0.15, 0.2) is 0 Å². The molecule has 2 aromatic rings. The third-order valence-corrected chi connectivity index (χ3v) is 3.37. The lowest BCUT2D eigenvalue weighted by Crippen LogP contribution is -2.40. The molecule has 0 bridgehead atoms. The maximum absolute atomic E-state index is 12.3. The number of urea groups is 1. The smallest absolute Gasteiger partial charge is 0.323 e. The van der Waals surface area contributed by atoms with Crippen molar-refractivity contribution in [2.75, 3.05) is 31.6 Å². The summed E-state index contributed by atoms with van der Waals surface area (Å²) in [6, 6.07) is 5.07. The molecule has 3 rings (SSSR count). The minimum atomic E-state index is -0.665. The minimum Gasteiger partial charge on any atom is -0.467 e. The average molecular weight is 306 g/mol. The average Bonchev–Trinajstić information content (AvgIpc) is 3.10. The number of hydrogen-bond donors (Lipinski definition) is 2. The lowest BCUT2D eigenvalue weighted by molar-refractivity contribution is 0.0575. The van der Waals surface area contributed by atoms with Gasteiger partial charge in [0.25, 0.3) is 0 Å². The van der Waals surface area contributed by atoms with Crippen LogP contribution >= 0.6 is 0 Å². The number of aromatic nitrogens is 2. The number of amides is 2. The van der Waals surface area contributed by atoms with Crippen LogP contribution in [0, 0.1) is 0 Å². The number of hydrogen-bond acceptors (Lipinski definition) is 5. The van der Waals surface area contributed by atoms with E-state index in [1.165, 1.54) is 4.90 Å². The van der Waals surface area contributed by atoms with Gasteiger partial charge in [0.05, 0.1) is 38.3 Å². The number of furan rings is 1. The van der Waals surface area contributed by atoms with Crippen LogP contribution in [0.25, 0.3) is 0 Å². The van der Waals surface area contributed by atoms with Gasteiger partial charge in [-0.25, -0.2) is 9.48 Å². The van der Waals surface area contributed by atoms with Crippen LogP contribution in [0.2, 0.25) is 0 Å². The van der Waals surface area contributed by atoms with Crippen molar-refractivity contribution in [1.82, 2.24) is 14.7 Å². The summed E-state index contributed by atoms with van der Waals surface area (Å²) in [5, 5.41) is 16.7. The molecule has 0 saturated carbocycles. The largest absolute Gasteiger partial charge is 0.467 e. The lowest BCUT2D eigenvalue weighted by atomic mass is 10.3. The minimum absolute atomic E-state index is 0.248. The van der Waals surface area contributed by atoms with Gasteiger partial charge in [-0.3, -0.25) is 5.32 Å². The Balaban J connectivity index is 1.65. The Bertz CT molecular complexity index is 610. The van der Waals surface area contributed by atoms with Crippen LogP contribution in [0.5, 0.6) is 0 Å². The molecule has 22 heavy (non-hydrogen) atoms. The van der Waals surface area contributed by atoms with E-state index in [1.54, 1.807) is 29.3 Å². The Labute approximate surface area is 127 Å². The van der Waals surface area contributed by atoms with Crippen molar-refractivity contribution >= 4 is 11.8 Å². The summed E-state index contributed by atoms with van der Waals surface area (Å²) in [6.45, 7) is 1.78. The number of nitrogens with one attached hydrogen (secondary N) is 1. The summed E-state index contributed by atoms with van der Waals surface area (Å²) >= 11 is 0. The molecule has 3 heterocycles. The number of carbonyl (C=O) groups is 1. The molecule has 1 saturated heterocycles. The summed E-state index contributed by atoms with van der Waals surface area (Å²) in [6.07, 6.45) is 2.54. The van der Waals surface area contributed by atoms with Crippen molar-refractivity contribution < 1.29 is 19.1 Å². The third-order valence-electron chi connectivity index (χ3n) is 3.37. The van der Waals surface area contributed by atoms with Crippen LogP contribution in [0.3, 0.4) is 0 Å². The van der Waals surface area contributed by atoms with Gasteiger partial charge in [-0.2, -0.15) is 5.10 Å². The van der Waals surface area contributed by atoms with Gasteiger partial charge in [0, 0.05) is 12.6 Å². The predicted octanol–water partition coefficient (Wildman–Crippen LogP) is 0.749. The van der Waals surface area contributed by atoms with Crippen molar-refractivity contribution in [1.29, 1.82) is 0 Å². The molecule has 8 heteroatoms. The molecule has 2 amide bonds. The summed E-state index contributed by atoms with van der Waals surface area (Å²) in [5.74, 6) is 1.32. The number of β-amino-alcohol motifs (C(OH)–C–C–N with tert-alkyl or cyclic N) is 1. The Morgan fingerprint density at radius 3 is 3.23 bits per heavy atom. The molecule has 1 fully saturated rings. The normalized spacial score (nSPS) is 19.0. The van der Waals surface area contributed by atoms with Gasteiger partial charge in [0.1, 0.15) is 18.1 Å². The van der Waals surface area contributed by atoms with E-state index in [4.69, 9.17) is 9.15 Å². The van der Waals surface area contributed by atoms with Gasteiger partial charge in [-0.1, -0.05) is 0 Å². The Morgan fingerprint density at radius 2 is 2.41 bits per heavy atom. The number of rotatable bonds is 3. The summed E-state index contributed by atoms with van der Waals surface area (Å²) in [7, 11) is 0. The first-order valence-electron chi connectivity index (χ1n) is 7.08. The van der Waals surface area contributed by atoms with Crippen molar-refractivity contribution in [2.24, 2.45) is 0 Å². The van der Waals surface area contributed by atoms with Crippen LogP contribution in [0.1, 0.15) is 5.76 Å². The number of carbonyl (C=O) groups excluding carboxylic acids is 1. The molecule has 2 aromatic heterocycles. The monoisotopic (exact) mass is 306 g/mol. The predicted molar refractivity (Wildman–Crippen MR) is 77.5 cm³/mol. The van der Waals surface area contributed by atoms with E-state index in [0.717, 1.165) is 5.76 Å². The molecule has 2 N–H and O–H groups in total. The fraction of sp³-hybridized carbons (Fsp3) is 0.429. The van der Waals surface area contributed by atoms with Crippen LogP contribution < -0.4 is 5.32 Å². The Hall–Kier alpha value is -2.32. The standard InChI is InChI=1S/C14H18N4O4/c19-11-8-17(5-7-21-10-11)14(20)16-13-3-4-15-18(13)9-12-2-1-6-22-12/h1-4,6,11,19H,5,7-10H2,(H,16,20)/t11-/m0/s1. The van der Waals surface area contributed by atoms with Gasteiger partial charge in [-0.15, -0.1) is 0 Å². The highest BCUT2D eigenvalue weighted by Gasteiger charge is 2.21. The van der Waals surface area contributed by atoms with Gasteiger partial charge < -0.3 is 19.2 Å². The summed E-state index contributed by atoms with van der Waals surface area (Å²) in [4.78, 5) is 13.8. The number of anilines is 1. The van der Waals surface area contributed by atoms with Crippen LogP contribution in [-0.2, 0) is 11.3 Å². The quantitative estimate of drug-likeness (QED) is 0.873. The molecule has 0 radical (unpaired) electrons. The molecule has 0 unspecified atom stereocenters. The van der Waals surface area contributed by atoms with E-state index < -0.39 is 6.10 Å². The Morgan fingerprint density at radius 1 is 1.50 bits per heavy atom. The molecule has 1 atom stereocenters. The van der Waals surface area contributed by atoms with Crippen LogP contribution in [-0.4, -0.2) is 58.2 Å². The zero-order chi connectivity index (χ0) is 15.4. The lowest BCUT2D eigenvalue weighted by Gasteiger charge is -2.21. The zero-order valence-corrected chi connectivity index (χ0v) is 12.0. The van der Waals surface area contributed by atoms with Crippen molar-refractivity contribution in [2.45, 2.75) is 12.6 Å². The van der Waals surface area contributed by atoms with E-state index >= 15 is 0 Å². The molecular weight excluding hydrogens is 288 g/mol. The van der Waals surface area contributed by atoms with Gasteiger partial charge in [0.2, 0.25) is 0 Å². The molecule has 0 aliphatic carbocycles. The maximum atomic E-state index is 12.3. The second kappa shape index (κ2) is 6.63. The molecule has 118 valence electrons. The highest BCUT2D eigenvalue weighted by Crippen LogP contribution is 2.12. The van der Waals surface area contributed by atoms with E-state index in [9.17, 15) is 9.90 Å². The van der Waals surface area contributed by atoms with Crippen molar-refractivity contribution in [3.63, 3.8) is 0 Å². The van der Waals surface area contributed by atoms with Gasteiger partial charge >= 0.3 is 6.03 Å². The molecule has 0 spiro atoms. The third kappa shape index (κ3) is 3.46. The first kappa shape index (κ1) is 14.6. The van der Waals surface area contributed by atoms with Gasteiger partial charge in [-0.05, 0) is 12.1 Å². The van der Waals surface area contributed by atoms with E-state index in [0.29, 0.717) is 25.5 Å². The number of aliphatic hydroxyl groups excluding tert-OH is 1. The fourth-order valence-corrected chi connectivity index (χ4v) is 2.28. The first-order valence-corrected chi connectivity index (χ1v) is 7.08. The van der Waals surface area contributed by atoms with Crippen molar-refractivity contribution in [3.8, 4) is 0 Å². The van der Waals surface area contributed by atoms with E-state index in [-0.39, 0.29) is 19.2 Å². The van der Waals surface area contributed by atoms with E-state index in [1.807, 2.05) is 6.07 Å². The molecular formula is C14H18N4O4. The fourth-order valence-electron chi connectivity index (χ4n) is 2.28. The molecule has 8 nitrogen and oxygen atoms in total. The second-order valence-corrected chi connectivity index (χ2v) is 5.06. The molecule has 0 aromatic carbocycles. The number of nitrogens with zero attached hydrogens (tertiary/aromatic N) is 3. The summed E-state index contributed by atoms with van der Waals surface area (Å²) in [5.41, 5.74) is 0. The zero-order valence-electron chi connectivity index (χ0n) is 12.0. The summed E-state index contributed by atoms with van der Waals surface area (Å²) < 4.78 is 12.1.